The zero-order valence-electron chi connectivity index (χ0n) is 19.6. The minimum atomic E-state index is -0.0588. The quantitative estimate of drug-likeness (QED) is 0.300. The number of para-hydroxylation sites is 1. The maximum absolute atomic E-state index is 11.7. The summed E-state index contributed by atoms with van der Waals surface area (Å²) >= 11 is 0. The Labute approximate surface area is 191 Å². The predicted octanol–water partition coefficient (Wildman–Crippen LogP) is 5.00. The Kier molecular flexibility index (Phi) is 6.99. The lowest BCUT2D eigenvalue weighted by atomic mass is 9.86. The summed E-state index contributed by atoms with van der Waals surface area (Å²) in [4.78, 5) is 14.4. The number of nitrogens with zero attached hydrogens (tertiary/aromatic N) is 3. The van der Waals surface area contributed by atoms with Crippen LogP contribution < -0.4 is 5.32 Å². The summed E-state index contributed by atoms with van der Waals surface area (Å²) in [5, 5.41) is 16.6. The van der Waals surface area contributed by atoms with Crippen molar-refractivity contribution in [2.75, 3.05) is 13.1 Å². The van der Waals surface area contributed by atoms with Gasteiger partial charge < -0.3 is 20.0 Å². The van der Waals surface area contributed by atoms with Crippen LogP contribution in [0.3, 0.4) is 0 Å². The highest BCUT2D eigenvalue weighted by Gasteiger charge is 2.30. The van der Waals surface area contributed by atoms with E-state index in [0.29, 0.717) is 18.6 Å². The number of likely N-dealkylation sites (tertiary alicyclic amines) is 1. The van der Waals surface area contributed by atoms with Crippen LogP contribution in [-0.2, 0) is 11.3 Å². The number of benzene rings is 1. The summed E-state index contributed by atoms with van der Waals surface area (Å²) in [5.41, 5.74) is 6.22. The van der Waals surface area contributed by atoms with E-state index >= 15 is 0 Å². The van der Waals surface area contributed by atoms with E-state index in [4.69, 9.17) is 0 Å². The van der Waals surface area contributed by atoms with E-state index in [1.165, 1.54) is 44.4 Å². The molecule has 1 saturated heterocycles. The van der Waals surface area contributed by atoms with Crippen LogP contribution in [0.4, 0.5) is 0 Å². The number of nitrogens with one attached hydrogen (secondary N) is 1. The van der Waals surface area contributed by atoms with Crippen LogP contribution >= 0.6 is 0 Å². The second-order valence-electron chi connectivity index (χ2n) is 9.50. The molecular formula is C26H36N4O2. The van der Waals surface area contributed by atoms with E-state index in [1.807, 2.05) is 6.07 Å². The number of aromatic nitrogens is 1. The van der Waals surface area contributed by atoms with Crippen molar-refractivity contribution in [1.82, 2.24) is 14.8 Å². The maximum atomic E-state index is 11.7. The third-order valence-corrected chi connectivity index (χ3v) is 7.39. The molecule has 1 aliphatic heterocycles. The smallest absolute Gasteiger partial charge is 0.217 e. The molecule has 2 aromatic rings. The normalized spacial score (nSPS) is 20.8. The van der Waals surface area contributed by atoms with Gasteiger partial charge in [0.15, 0.2) is 0 Å². The fraction of sp³-hybridized carbons (Fsp3) is 0.538. The molecule has 1 saturated carbocycles. The fourth-order valence-corrected chi connectivity index (χ4v) is 5.67. The molecule has 2 fully saturated rings. The average molecular weight is 437 g/mol. The molecule has 32 heavy (non-hydrogen) atoms. The first-order chi connectivity index (χ1) is 15.5. The van der Waals surface area contributed by atoms with Gasteiger partial charge in [0.2, 0.25) is 5.91 Å². The summed E-state index contributed by atoms with van der Waals surface area (Å²) in [5.74, 6) is -0.0588. The van der Waals surface area contributed by atoms with Crippen LogP contribution in [0.5, 0.6) is 0 Å². The first-order valence-electron chi connectivity index (χ1n) is 11.9. The maximum Gasteiger partial charge on any atom is 0.217 e. The molecule has 6 heteroatoms. The van der Waals surface area contributed by atoms with E-state index in [9.17, 15) is 10.0 Å². The topological polar surface area (TPSA) is 69.9 Å². The van der Waals surface area contributed by atoms with Crippen LogP contribution in [0.15, 0.2) is 40.6 Å². The number of fused-ring (bicyclic) bond motifs is 1. The molecule has 1 amide bonds. The predicted molar refractivity (Wildman–Crippen MR) is 129 cm³/mol. The van der Waals surface area contributed by atoms with Crippen LogP contribution in [0.2, 0.25) is 0 Å². The Hall–Kier alpha value is -2.60. The summed E-state index contributed by atoms with van der Waals surface area (Å²) < 4.78 is 2.39. The van der Waals surface area contributed by atoms with Crippen molar-refractivity contribution < 1.29 is 10.0 Å². The number of hydrogen-bond acceptors (Lipinski definition) is 4. The SMILES string of the molecule is CC(=O)NCc1c(C=NO)c2ccccc2n1C1CCN(C2CCC(=C(C)C)CC2)CC1. The standard InChI is InChI=1S/C26H36N4O2/c1-18(2)20-8-10-21(11-9-20)29-14-12-22(13-15-29)30-25-7-5-4-6-23(25)24(16-28-32)26(30)17-27-19(3)31/h4-7,16,21-22,32H,8-15,17H2,1-3H3,(H,27,31). The van der Waals surface area contributed by atoms with Gasteiger partial charge in [-0.25, -0.2) is 0 Å². The Morgan fingerprint density at radius 3 is 2.41 bits per heavy atom. The van der Waals surface area contributed by atoms with E-state index < -0.39 is 0 Å². The minimum Gasteiger partial charge on any atom is -0.411 e. The molecule has 0 atom stereocenters. The zero-order chi connectivity index (χ0) is 22.7. The van der Waals surface area contributed by atoms with Gasteiger partial charge in [0.25, 0.3) is 0 Å². The van der Waals surface area contributed by atoms with Gasteiger partial charge in [-0.3, -0.25) is 4.79 Å². The third-order valence-electron chi connectivity index (χ3n) is 7.39. The molecule has 4 rings (SSSR count). The molecule has 2 heterocycles. The molecule has 0 radical (unpaired) electrons. The average Bonchev–Trinajstić information content (AvgIpc) is 3.11. The molecule has 172 valence electrons. The van der Waals surface area contributed by atoms with E-state index in [0.717, 1.165) is 48.1 Å². The molecule has 0 unspecified atom stereocenters. The van der Waals surface area contributed by atoms with Crippen molar-refractivity contribution in [2.24, 2.45) is 5.16 Å². The van der Waals surface area contributed by atoms with Crippen molar-refractivity contribution in [2.45, 2.75) is 77.9 Å². The number of oxime groups is 1. The Bertz CT molecular complexity index is 1010. The number of hydrogen-bond donors (Lipinski definition) is 2. The van der Waals surface area contributed by atoms with Crippen molar-refractivity contribution in [3.05, 3.63) is 46.7 Å². The Morgan fingerprint density at radius 2 is 1.78 bits per heavy atom. The lowest BCUT2D eigenvalue weighted by molar-refractivity contribution is -0.119. The molecule has 6 nitrogen and oxygen atoms in total. The third kappa shape index (κ3) is 4.60. The van der Waals surface area contributed by atoms with E-state index in [-0.39, 0.29) is 5.91 Å². The number of amides is 1. The number of carbonyl (C=O) groups excluding carboxylic acids is 1. The lowest BCUT2D eigenvalue weighted by Crippen LogP contribution is -2.43. The summed E-state index contributed by atoms with van der Waals surface area (Å²) in [7, 11) is 0. The summed E-state index contributed by atoms with van der Waals surface area (Å²) in [6.07, 6.45) is 8.75. The van der Waals surface area contributed by atoms with Crippen molar-refractivity contribution in [1.29, 1.82) is 0 Å². The Morgan fingerprint density at radius 1 is 1.09 bits per heavy atom. The van der Waals surface area contributed by atoms with Gasteiger partial charge in [-0.1, -0.05) is 34.5 Å². The van der Waals surface area contributed by atoms with Gasteiger partial charge in [-0.2, -0.15) is 0 Å². The second kappa shape index (κ2) is 9.90. The molecule has 2 N–H and O–H groups in total. The summed E-state index contributed by atoms with van der Waals surface area (Å²) in [6.45, 7) is 8.67. The monoisotopic (exact) mass is 436 g/mol. The zero-order valence-corrected chi connectivity index (χ0v) is 19.6. The molecule has 2 aliphatic rings. The first-order valence-corrected chi connectivity index (χ1v) is 11.9. The highest BCUT2D eigenvalue weighted by Crippen LogP contribution is 2.36. The molecule has 0 bridgehead atoms. The van der Waals surface area contributed by atoms with Crippen LogP contribution in [-0.4, -0.2) is 45.9 Å². The molecule has 1 aromatic carbocycles. The van der Waals surface area contributed by atoms with E-state index in [1.54, 1.807) is 5.57 Å². The first kappa shape index (κ1) is 22.6. The van der Waals surface area contributed by atoms with Crippen LogP contribution in [0.25, 0.3) is 10.9 Å². The van der Waals surface area contributed by atoms with Gasteiger partial charge in [0.05, 0.1) is 12.8 Å². The van der Waals surface area contributed by atoms with E-state index in [2.05, 4.69) is 52.0 Å². The molecular weight excluding hydrogens is 400 g/mol. The minimum absolute atomic E-state index is 0.0588. The fourth-order valence-electron chi connectivity index (χ4n) is 5.67. The second-order valence-corrected chi connectivity index (χ2v) is 9.50. The lowest BCUT2D eigenvalue weighted by Gasteiger charge is -2.40. The largest absolute Gasteiger partial charge is 0.411 e. The molecule has 0 spiro atoms. The number of allylic oxidation sites excluding steroid dienone is 2. The van der Waals surface area contributed by atoms with Crippen molar-refractivity contribution in [3.63, 3.8) is 0 Å². The van der Waals surface area contributed by atoms with Gasteiger partial charge in [-0.15, -0.1) is 0 Å². The number of piperidine rings is 1. The van der Waals surface area contributed by atoms with Gasteiger partial charge in [-0.05, 0) is 58.4 Å². The van der Waals surface area contributed by atoms with Crippen LogP contribution in [0.1, 0.15) is 76.6 Å². The highest BCUT2D eigenvalue weighted by molar-refractivity contribution is 6.01. The number of carbonyl (C=O) groups is 1. The van der Waals surface area contributed by atoms with Gasteiger partial charge in [0, 0.05) is 54.3 Å². The van der Waals surface area contributed by atoms with Gasteiger partial charge in [0.1, 0.15) is 0 Å². The number of rotatable bonds is 5. The molecule has 1 aliphatic carbocycles. The molecule has 1 aromatic heterocycles. The highest BCUT2D eigenvalue weighted by atomic mass is 16.4. The van der Waals surface area contributed by atoms with Crippen molar-refractivity contribution >= 4 is 23.0 Å². The summed E-state index contributed by atoms with van der Waals surface area (Å²) in [6, 6.07) is 9.34. The van der Waals surface area contributed by atoms with Gasteiger partial charge >= 0.3 is 0 Å². The Balaban J connectivity index is 1.56. The van der Waals surface area contributed by atoms with Crippen LogP contribution in [0, 0.1) is 0 Å². The van der Waals surface area contributed by atoms with Crippen molar-refractivity contribution in [3.8, 4) is 0 Å².